The Kier molecular flexibility index (Phi) is 6.72. The minimum Gasteiger partial charge on any atom is -0.490 e. The molecule has 7 nitrogen and oxygen atoms in total. The van der Waals surface area contributed by atoms with Crippen molar-refractivity contribution in [1.29, 1.82) is 0 Å². The summed E-state index contributed by atoms with van der Waals surface area (Å²) in [6.07, 6.45) is 1.55. The molecule has 0 bridgehead atoms. The van der Waals surface area contributed by atoms with Gasteiger partial charge in [0.25, 0.3) is 5.91 Å². The molecular formula is C21H23ClN4O3. The molecule has 152 valence electrons. The number of amides is 1. The number of halogens is 1. The summed E-state index contributed by atoms with van der Waals surface area (Å²) in [5.74, 6) is 1.000. The molecule has 0 saturated heterocycles. The maximum absolute atomic E-state index is 12.6. The van der Waals surface area contributed by atoms with Crippen molar-refractivity contribution in [2.45, 2.75) is 26.8 Å². The molecule has 0 aliphatic rings. The van der Waals surface area contributed by atoms with Gasteiger partial charge in [-0.1, -0.05) is 35.0 Å². The number of rotatable bonds is 8. The van der Waals surface area contributed by atoms with E-state index in [0.717, 1.165) is 5.56 Å². The number of nitrogens with zero attached hydrogens (tertiary/aromatic N) is 3. The van der Waals surface area contributed by atoms with E-state index in [-0.39, 0.29) is 17.6 Å². The Bertz CT molecular complexity index is 990. The fraction of sp³-hybridized carbons (Fsp3) is 0.286. The molecule has 1 heterocycles. The van der Waals surface area contributed by atoms with E-state index < -0.39 is 0 Å². The van der Waals surface area contributed by atoms with E-state index in [2.05, 4.69) is 15.6 Å². The van der Waals surface area contributed by atoms with Crippen molar-refractivity contribution in [3.63, 3.8) is 0 Å². The highest BCUT2D eigenvalue weighted by Gasteiger charge is 2.17. The number of hydrogen-bond donors (Lipinski definition) is 1. The molecular weight excluding hydrogens is 392 g/mol. The molecule has 0 radical (unpaired) electrons. The number of carbonyl (C=O) groups is 1. The standard InChI is InChI=1S/C21H23ClN4O3/c1-4-28-19-11-10-15(12-20(19)29-5-2)14(3)23-21(27)17-13-26(25-24-17)18-9-7-6-8-16(18)22/h6-14H,4-5H2,1-3H3,(H,23,27). The Labute approximate surface area is 174 Å². The molecule has 8 heteroatoms. The summed E-state index contributed by atoms with van der Waals surface area (Å²) in [6.45, 7) is 6.79. The van der Waals surface area contributed by atoms with Crippen LogP contribution in [0.4, 0.5) is 0 Å². The van der Waals surface area contributed by atoms with E-state index in [1.807, 2.05) is 51.1 Å². The van der Waals surface area contributed by atoms with Crippen LogP contribution in [0.3, 0.4) is 0 Å². The number of para-hydroxylation sites is 1. The molecule has 1 amide bonds. The van der Waals surface area contributed by atoms with Gasteiger partial charge in [-0.25, -0.2) is 4.68 Å². The molecule has 0 aliphatic carbocycles. The highest BCUT2D eigenvalue weighted by Crippen LogP contribution is 2.30. The molecule has 3 rings (SSSR count). The van der Waals surface area contributed by atoms with Crippen LogP contribution in [0.15, 0.2) is 48.7 Å². The largest absolute Gasteiger partial charge is 0.490 e. The minimum absolute atomic E-state index is 0.202. The molecule has 1 unspecified atom stereocenters. The second-order valence-corrected chi connectivity index (χ2v) is 6.67. The van der Waals surface area contributed by atoms with Gasteiger partial charge in [-0.2, -0.15) is 0 Å². The van der Waals surface area contributed by atoms with E-state index in [0.29, 0.717) is 35.4 Å². The van der Waals surface area contributed by atoms with Crippen LogP contribution in [0.5, 0.6) is 11.5 Å². The smallest absolute Gasteiger partial charge is 0.273 e. The van der Waals surface area contributed by atoms with Crippen LogP contribution in [0.2, 0.25) is 5.02 Å². The third kappa shape index (κ3) is 4.86. The number of aromatic nitrogens is 3. The highest BCUT2D eigenvalue weighted by molar-refractivity contribution is 6.32. The Balaban J connectivity index is 1.74. The highest BCUT2D eigenvalue weighted by atomic mass is 35.5. The summed E-state index contributed by atoms with van der Waals surface area (Å²) in [6, 6.07) is 12.6. The lowest BCUT2D eigenvalue weighted by Gasteiger charge is -2.17. The average Bonchev–Trinajstić information content (AvgIpc) is 3.20. The van der Waals surface area contributed by atoms with Gasteiger partial charge in [0.1, 0.15) is 0 Å². The van der Waals surface area contributed by atoms with E-state index in [9.17, 15) is 4.79 Å². The first-order valence-electron chi connectivity index (χ1n) is 9.41. The molecule has 1 N–H and O–H groups in total. The predicted octanol–water partition coefficient (Wildman–Crippen LogP) is 4.21. The molecule has 1 atom stereocenters. The second kappa shape index (κ2) is 9.43. The van der Waals surface area contributed by atoms with E-state index in [1.54, 1.807) is 18.3 Å². The Morgan fingerprint density at radius 3 is 2.59 bits per heavy atom. The lowest BCUT2D eigenvalue weighted by molar-refractivity contribution is 0.0934. The van der Waals surface area contributed by atoms with Gasteiger partial charge < -0.3 is 14.8 Å². The summed E-state index contributed by atoms with van der Waals surface area (Å²) in [5, 5.41) is 11.4. The van der Waals surface area contributed by atoms with Gasteiger partial charge >= 0.3 is 0 Å². The molecule has 2 aromatic carbocycles. The number of hydrogen-bond acceptors (Lipinski definition) is 5. The van der Waals surface area contributed by atoms with Crippen LogP contribution < -0.4 is 14.8 Å². The van der Waals surface area contributed by atoms with Gasteiger partial charge in [0, 0.05) is 0 Å². The van der Waals surface area contributed by atoms with Crippen LogP contribution in [0, 0.1) is 0 Å². The monoisotopic (exact) mass is 414 g/mol. The predicted molar refractivity (Wildman–Crippen MR) is 111 cm³/mol. The first-order chi connectivity index (χ1) is 14.0. The van der Waals surface area contributed by atoms with Gasteiger partial charge in [-0.3, -0.25) is 4.79 Å². The first kappa shape index (κ1) is 20.7. The van der Waals surface area contributed by atoms with Crippen LogP contribution in [0.25, 0.3) is 5.69 Å². The van der Waals surface area contributed by atoms with Crippen molar-refractivity contribution in [3.05, 3.63) is 64.9 Å². The normalized spacial score (nSPS) is 11.7. The molecule has 0 fully saturated rings. The maximum atomic E-state index is 12.6. The fourth-order valence-corrected chi connectivity index (χ4v) is 3.04. The third-order valence-electron chi connectivity index (χ3n) is 4.24. The zero-order valence-corrected chi connectivity index (χ0v) is 17.3. The van der Waals surface area contributed by atoms with Crippen molar-refractivity contribution in [3.8, 4) is 17.2 Å². The maximum Gasteiger partial charge on any atom is 0.273 e. The quantitative estimate of drug-likeness (QED) is 0.597. The summed E-state index contributed by atoms with van der Waals surface area (Å²) in [4.78, 5) is 12.6. The fourth-order valence-electron chi connectivity index (χ4n) is 2.81. The van der Waals surface area contributed by atoms with E-state index in [1.165, 1.54) is 4.68 Å². The summed E-state index contributed by atoms with van der Waals surface area (Å²) < 4.78 is 12.7. The molecule has 0 spiro atoms. The summed E-state index contributed by atoms with van der Waals surface area (Å²) in [5.41, 5.74) is 1.75. The van der Waals surface area contributed by atoms with Crippen LogP contribution >= 0.6 is 11.6 Å². The van der Waals surface area contributed by atoms with Crippen LogP contribution in [-0.4, -0.2) is 34.1 Å². The van der Waals surface area contributed by atoms with Gasteiger partial charge in [-0.15, -0.1) is 5.10 Å². The second-order valence-electron chi connectivity index (χ2n) is 6.27. The lowest BCUT2D eigenvalue weighted by atomic mass is 10.1. The van der Waals surface area contributed by atoms with Gasteiger partial charge in [0.05, 0.1) is 36.2 Å². The number of nitrogens with one attached hydrogen (secondary N) is 1. The number of ether oxygens (including phenoxy) is 2. The first-order valence-corrected chi connectivity index (χ1v) is 9.79. The zero-order chi connectivity index (χ0) is 20.8. The van der Waals surface area contributed by atoms with Gasteiger partial charge in [-0.05, 0) is 50.6 Å². The average molecular weight is 415 g/mol. The number of benzene rings is 2. The minimum atomic E-state index is -0.331. The van der Waals surface area contributed by atoms with Crippen molar-refractivity contribution in [2.75, 3.05) is 13.2 Å². The summed E-state index contributed by atoms with van der Waals surface area (Å²) >= 11 is 6.18. The van der Waals surface area contributed by atoms with E-state index >= 15 is 0 Å². The Morgan fingerprint density at radius 1 is 1.14 bits per heavy atom. The number of carbonyl (C=O) groups excluding carboxylic acids is 1. The van der Waals surface area contributed by atoms with Gasteiger partial charge in [0.15, 0.2) is 17.2 Å². The summed E-state index contributed by atoms with van der Waals surface area (Å²) in [7, 11) is 0. The Morgan fingerprint density at radius 2 is 1.86 bits per heavy atom. The molecule has 29 heavy (non-hydrogen) atoms. The van der Waals surface area contributed by atoms with Crippen molar-refractivity contribution < 1.29 is 14.3 Å². The van der Waals surface area contributed by atoms with Crippen LogP contribution in [-0.2, 0) is 0 Å². The Hall–Kier alpha value is -3.06. The zero-order valence-electron chi connectivity index (χ0n) is 16.6. The lowest BCUT2D eigenvalue weighted by Crippen LogP contribution is -2.27. The van der Waals surface area contributed by atoms with E-state index in [4.69, 9.17) is 21.1 Å². The topological polar surface area (TPSA) is 78.3 Å². The molecule has 3 aromatic rings. The molecule has 0 aliphatic heterocycles. The SMILES string of the molecule is CCOc1ccc(C(C)NC(=O)c2cn(-c3ccccc3Cl)nn2)cc1OCC. The third-order valence-corrected chi connectivity index (χ3v) is 4.56. The van der Waals surface area contributed by atoms with Crippen molar-refractivity contribution in [2.24, 2.45) is 0 Å². The molecule has 1 aromatic heterocycles. The van der Waals surface area contributed by atoms with Gasteiger partial charge in [0.2, 0.25) is 0 Å². The van der Waals surface area contributed by atoms with Crippen molar-refractivity contribution >= 4 is 17.5 Å². The molecule has 0 saturated carbocycles. The van der Waals surface area contributed by atoms with Crippen molar-refractivity contribution in [1.82, 2.24) is 20.3 Å². The van der Waals surface area contributed by atoms with Crippen LogP contribution in [0.1, 0.15) is 42.9 Å².